The van der Waals surface area contributed by atoms with E-state index in [9.17, 15) is 9.50 Å². The van der Waals surface area contributed by atoms with Crippen molar-refractivity contribution < 1.29 is 9.50 Å². The molecule has 1 aromatic carbocycles. The highest BCUT2D eigenvalue weighted by Gasteiger charge is 2.15. The minimum atomic E-state index is -0.345. The molecule has 0 saturated heterocycles. The van der Waals surface area contributed by atoms with E-state index < -0.39 is 0 Å². The Bertz CT molecular complexity index is 558. The molecule has 2 rings (SSSR count). The van der Waals surface area contributed by atoms with Crippen LogP contribution in [0.15, 0.2) is 18.2 Å². The van der Waals surface area contributed by atoms with E-state index in [0.29, 0.717) is 28.7 Å². The van der Waals surface area contributed by atoms with Crippen molar-refractivity contribution in [1.82, 2.24) is 10.2 Å². The highest BCUT2D eigenvalue weighted by Crippen LogP contribution is 2.23. The van der Waals surface area contributed by atoms with E-state index in [-0.39, 0.29) is 18.3 Å². The van der Waals surface area contributed by atoms with Crippen molar-refractivity contribution in [1.29, 1.82) is 0 Å². The first kappa shape index (κ1) is 15.2. The van der Waals surface area contributed by atoms with Gasteiger partial charge in [-0.25, -0.2) is 4.39 Å². The molecule has 1 atom stereocenters. The molecule has 0 aliphatic carbocycles. The van der Waals surface area contributed by atoms with Crippen molar-refractivity contribution in [3.63, 3.8) is 0 Å². The summed E-state index contributed by atoms with van der Waals surface area (Å²) < 4.78 is 13.7. The Morgan fingerprint density at radius 1 is 1.45 bits per heavy atom. The van der Waals surface area contributed by atoms with Crippen LogP contribution in [0.5, 0.6) is 0 Å². The highest BCUT2D eigenvalue weighted by molar-refractivity contribution is 7.15. The molecule has 7 heteroatoms. The molecule has 2 N–H and O–H groups in total. The van der Waals surface area contributed by atoms with Crippen LogP contribution in [0.3, 0.4) is 0 Å². The second kappa shape index (κ2) is 6.97. The summed E-state index contributed by atoms with van der Waals surface area (Å²) >= 11 is 7.43. The van der Waals surface area contributed by atoms with Crippen LogP contribution >= 0.6 is 22.9 Å². The Hall–Kier alpha value is -1.24. The van der Waals surface area contributed by atoms with Crippen molar-refractivity contribution in [3.8, 4) is 0 Å². The molecule has 0 bridgehead atoms. The van der Waals surface area contributed by atoms with E-state index in [1.165, 1.54) is 17.4 Å². The second-order valence-electron chi connectivity index (χ2n) is 4.46. The zero-order valence-electron chi connectivity index (χ0n) is 10.9. The van der Waals surface area contributed by atoms with Crippen molar-refractivity contribution in [2.45, 2.75) is 13.3 Å². The summed E-state index contributed by atoms with van der Waals surface area (Å²) in [5.74, 6) is -0.490. The Kier molecular flexibility index (Phi) is 5.28. The number of hydrogen-bond acceptors (Lipinski definition) is 5. The van der Waals surface area contributed by atoms with Gasteiger partial charge in [-0.15, -0.1) is 10.2 Å². The van der Waals surface area contributed by atoms with Gasteiger partial charge in [-0.2, -0.15) is 0 Å². The predicted octanol–water partition coefficient (Wildman–Crippen LogP) is 2.90. The van der Waals surface area contributed by atoms with Gasteiger partial charge < -0.3 is 10.4 Å². The van der Waals surface area contributed by atoms with Crippen LogP contribution < -0.4 is 5.32 Å². The van der Waals surface area contributed by atoms with Crippen molar-refractivity contribution in [2.75, 3.05) is 18.5 Å². The van der Waals surface area contributed by atoms with Gasteiger partial charge in [0.05, 0.1) is 0 Å². The van der Waals surface area contributed by atoms with Crippen LogP contribution in [0.4, 0.5) is 9.52 Å². The van der Waals surface area contributed by atoms with Gasteiger partial charge >= 0.3 is 0 Å². The number of hydrogen-bond donors (Lipinski definition) is 2. The normalized spacial score (nSPS) is 12.4. The van der Waals surface area contributed by atoms with Crippen LogP contribution in [0, 0.1) is 18.7 Å². The molecular formula is C13H15ClFN3OS. The molecule has 0 saturated carbocycles. The van der Waals surface area contributed by atoms with E-state index in [4.69, 9.17) is 11.6 Å². The fourth-order valence-corrected chi connectivity index (χ4v) is 2.66. The summed E-state index contributed by atoms with van der Waals surface area (Å²) in [6.45, 7) is 2.29. The molecule has 0 fully saturated rings. The molecule has 0 aliphatic heterocycles. The maximum absolute atomic E-state index is 13.7. The number of aliphatic hydroxyl groups is 1. The smallest absolute Gasteiger partial charge is 0.205 e. The number of rotatable bonds is 6. The lowest BCUT2D eigenvalue weighted by atomic mass is 9.99. The molecule has 108 valence electrons. The number of halogens is 2. The van der Waals surface area contributed by atoms with E-state index in [2.05, 4.69) is 15.5 Å². The minimum absolute atomic E-state index is 0.0601. The third-order valence-electron chi connectivity index (χ3n) is 2.88. The number of aryl methyl sites for hydroxylation is 1. The molecule has 0 aliphatic rings. The number of nitrogens with one attached hydrogen (secondary N) is 1. The predicted molar refractivity (Wildman–Crippen MR) is 78.8 cm³/mol. The number of aliphatic hydroxyl groups excluding tert-OH is 1. The summed E-state index contributed by atoms with van der Waals surface area (Å²) in [6.07, 6.45) is 0.368. The number of aromatic nitrogens is 2. The maximum atomic E-state index is 13.7. The van der Waals surface area contributed by atoms with Crippen LogP contribution in [-0.2, 0) is 6.42 Å². The van der Waals surface area contributed by atoms with Gasteiger partial charge in [-0.05, 0) is 25.5 Å². The molecule has 4 nitrogen and oxygen atoms in total. The number of anilines is 1. The maximum Gasteiger partial charge on any atom is 0.205 e. The third-order valence-corrected chi connectivity index (χ3v) is 4.03. The summed E-state index contributed by atoms with van der Waals surface area (Å²) in [5.41, 5.74) is 0.434. The zero-order chi connectivity index (χ0) is 14.5. The van der Waals surface area contributed by atoms with Crippen molar-refractivity contribution in [2.24, 2.45) is 5.92 Å². The molecule has 20 heavy (non-hydrogen) atoms. The van der Waals surface area contributed by atoms with Crippen LogP contribution in [0.25, 0.3) is 0 Å². The summed E-state index contributed by atoms with van der Waals surface area (Å²) in [4.78, 5) is 0. The van der Waals surface area contributed by atoms with Crippen molar-refractivity contribution in [3.05, 3.63) is 39.6 Å². The van der Waals surface area contributed by atoms with E-state index in [1.54, 1.807) is 12.1 Å². The lowest BCUT2D eigenvalue weighted by molar-refractivity contribution is 0.232. The fraction of sp³-hybridized carbons (Fsp3) is 0.385. The van der Waals surface area contributed by atoms with E-state index in [1.807, 2.05) is 6.92 Å². The monoisotopic (exact) mass is 315 g/mol. The molecule has 0 spiro atoms. The van der Waals surface area contributed by atoms with Gasteiger partial charge in [-0.3, -0.25) is 0 Å². The van der Waals surface area contributed by atoms with E-state index in [0.717, 1.165) is 5.01 Å². The van der Waals surface area contributed by atoms with Gasteiger partial charge in [-0.1, -0.05) is 29.0 Å². The van der Waals surface area contributed by atoms with Crippen molar-refractivity contribution >= 4 is 28.1 Å². The number of nitrogens with zero attached hydrogens (tertiary/aromatic N) is 2. The molecule has 0 amide bonds. The molecule has 0 radical (unpaired) electrons. The third kappa shape index (κ3) is 3.88. The average Bonchev–Trinajstić information content (AvgIpc) is 2.83. The molecular weight excluding hydrogens is 301 g/mol. The lowest BCUT2D eigenvalue weighted by Gasteiger charge is -2.15. The quantitative estimate of drug-likeness (QED) is 0.860. The van der Waals surface area contributed by atoms with Gasteiger partial charge in [0, 0.05) is 29.7 Å². The average molecular weight is 316 g/mol. The fourth-order valence-electron chi connectivity index (χ4n) is 1.82. The standard InChI is InChI=1S/C13H15ClFN3OS/c1-8-17-18-13(20-8)16-6-9(7-19)5-10-11(14)3-2-4-12(10)15/h2-4,9,19H,5-7H2,1H3,(H,16,18)/t9-/m1/s1. The van der Waals surface area contributed by atoms with Crippen LogP contribution in [0.2, 0.25) is 5.02 Å². The van der Waals surface area contributed by atoms with Gasteiger partial charge in [0.2, 0.25) is 5.13 Å². The molecule has 1 aromatic heterocycles. The molecule has 0 unspecified atom stereocenters. The topological polar surface area (TPSA) is 58.0 Å². The highest BCUT2D eigenvalue weighted by atomic mass is 35.5. The van der Waals surface area contributed by atoms with Gasteiger partial charge in [0.15, 0.2) is 0 Å². The summed E-state index contributed by atoms with van der Waals surface area (Å²) in [6, 6.07) is 4.59. The van der Waals surface area contributed by atoms with E-state index >= 15 is 0 Å². The Balaban J connectivity index is 1.98. The Morgan fingerprint density at radius 2 is 2.25 bits per heavy atom. The van der Waals surface area contributed by atoms with Gasteiger partial charge in [0.1, 0.15) is 10.8 Å². The first-order chi connectivity index (χ1) is 9.60. The number of benzene rings is 1. The SMILES string of the molecule is Cc1nnc(NC[C@H](CO)Cc2c(F)cccc2Cl)s1. The zero-order valence-corrected chi connectivity index (χ0v) is 12.5. The van der Waals surface area contributed by atoms with Gasteiger partial charge in [0.25, 0.3) is 0 Å². The van der Waals surface area contributed by atoms with Crippen LogP contribution in [0.1, 0.15) is 10.6 Å². The largest absolute Gasteiger partial charge is 0.396 e. The second-order valence-corrected chi connectivity index (χ2v) is 6.05. The Morgan fingerprint density at radius 3 is 2.85 bits per heavy atom. The Labute approximate surface area is 125 Å². The first-order valence-electron chi connectivity index (χ1n) is 6.18. The molecule has 2 aromatic rings. The first-order valence-corrected chi connectivity index (χ1v) is 7.37. The van der Waals surface area contributed by atoms with Crippen LogP contribution in [-0.4, -0.2) is 28.5 Å². The molecule has 1 heterocycles. The lowest BCUT2D eigenvalue weighted by Crippen LogP contribution is -2.21. The minimum Gasteiger partial charge on any atom is -0.396 e. The summed E-state index contributed by atoms with van der Waals surface area (Å²) in [5, 5.41) is 22.3. The summed E-state index contributed by atoms with van der Waals surface area (Å²) in [7, 11) is 0.